The van der Waals surface area contributed by atoms with Crippen molar-refractivity contribution in [1.82, 2.24) is 24.3 Å². The van der Waals surface area contributed by atoms with E-state index < -0.39 is 0 Å². The van der Waals surface area contributed by atoms with Gasteiger partial charge in [-0.25, -0.2) is 4.98 Å². The molecule has 2 aromatic heterocycles. The first-order chi connectivity index (χ1) is 17.4. The molecule has 1 N–H and O–H groups in total. The second-order valence-electron chi connectivity index (χ2n) is 9.37. The van der Waals surface area contributed by atoms with E-state index in [1.807, 2.05) is 59.7 Å². The van der Waals surface area contributed by atoms with E-state index in [9.17, 15) is 9.59 Å². The highest BCUT2D eigenvalue weighted by Crippen LogP contribution is 2.35. The van der Waals surface area contributed by atoms with E-state index in [2.05, 4.69) is 10.3 Å². The number of fused-ring (bicyclic) bond motifs is 1. The molecule has 36 heavy (non-hydrogen) atoms. The van der Waals surface area contributed by atoms with Gasteiger partial charge < -0.3 is 19.1 Å². The number of ether oxygens (including phenoxy) is 1. The molecule has 0 radical (unpaired) electrons. The normalized spacial score (nSPS) is 16.5. The van der Waals surface area contributed by atoms with Gasteiger partial charge in [0.05, 0.1) is 18.7 Å². The van der Waals surface area contributed by atoms with Crippen LogP contribution < -0.4 is 10.1 Å². The van der Waals surface area contributed by atoms with Crippen molar-refractivity contribution >= 4 is 28.8 Å². The maximum absolute atomic E-state index is 13.1. The lowest BCUT2D eigenvalue weighted by Crippen LogP contribution is -2.34. The molecule has 3 aromatic rings. The summed E-state index contributed by atoms with van der Waals surface area (Å²) in [5.41, 5.74) is 2.81. The topological polar surface area (TPSA) is 92.6 Å². The molecule has 3 heterocycles. The Morgan fingerprint density at radius 1 is 1.25 bits per heavy atom. The first kappa shape index (κ1) is 25.4. The number of carbonyl (C=O) groups excluding carboxylic acids is 2. The summed E-state index contributed by atoms with van der Waals surface area (Å²) in [7, 11) is 5.57. The van der Waals surface area contributed by atoms with Gasteiger partial charge in [-0.15, -0.1) is 0 Å². The summed E-state index contributed by atoms with van der Waals surface area (Å²) in [6.45, 7) is 3.77. The van der Waals surface area contributed by atoms with Crippen molar-refractivity contribution in [1.29, 1.82) is 0 Å². The van der Waals surface area contributed by atoms with Gasteiger partial charge in [0.2, 0.25) is 11.9 Å². The van der Waals surface area contributed by atoms with E-state index in [1.54, 1.807) is 31.5 Å². The van der Waals surface area contributed by atoms with Crippen LogP contribution >= 0.6 is 0 Å². The fraction of sp³-hybridized carbons (Fsp3) is 0.407. The Morgan fingerprint density at radius 2 is 2.08 bits per heavy atom. The molecule has 1 aliphatic rings. The van der Waals surface area contributed by atoms with Crippen LogP contribution in [0.25, 0.3) is 11.0 Å². The fourth-order valence-electron chi connectivity index (χ4n) is 4.59. The van der Waals surface area contributed by atoms with Crippen LogP contribution in [0.5, 0.6) is 5.75 Å². The molecule has 2 amide bonds. The van der Waals surface area contributed by atoms with E-state index in [-0.39, 0.29) is 17.9 Å². The second-order valence-corrected chi connectivity index (χ2v) is 9.37. The number of para-hydroxylation sites is 1. The highest BCUT2D eigenvalue weighted by molar-refractivity contribution is 6.04. The van der Waals surface area contributed by atoms with E-state index >= 15 is 0 Å². The van der Waals surface area contributed by atoms with E-state index in [1.165, 1.54) is 0 Å². The number of pyridine rings is 1. The van der Waals surface area contributed by atoms with Crippen LogP contribution in [0, 0.1) is 6.92 Å². The molecular formula is C27H34N6O3. The monoisotopic (exact) mass is 490 g/mol. The van der Waals surface area contributed by atoms with Gasteiger partial charge in [-0.1, -0.05) is 12.1 Å². The summed E-state index contributed by atoms with van der Waals surface area (Å²) in [4.78, 5) is 39.0. The Balaban J connectivity index is 1.70. The van der Waals surface area contributed by atoms with Crippen LogP contribution in [0.2, 0.25) is 0 Å². The van der Waals surface area contributed by atoms with Crippen LogP contribution in [0.3, 0.4) is 0 Å². The van der Waals surface area contributed by atoms with Crippen molar-refractivity contribution in [3.05, 3.63) is 59.9 Å². The number of hydrogen-bond donors (Lipinski definition) is 1. The smallest absolute Gasteiger partial charge is 0.258 e. The molecule has 1 unspecified atom stereocenters. The average molecular weight is 491 g/mol. The summed E-state index contributed by atoms with van der Waals surface area (Å²) in [6.07, 6.45) is 7.90. The largest absolute Gasteiger partial charge is 0.494 e. The summed E-state index contributed by atoms with van der Waals surface area (Å²) in [6, 6.07) is 9.03. The van der Waals surface area contributed by atoms with Gasteiger partial charge in [0, 0.05) is 43.2 Å². The van der Waals surface area contributed by atoms with Crippen molar-refractivity contribution in [2.24, 2.45) is 0 Å². The standard InChI is InChI=1S/C27H34N6O3/c1-19-17-20(13-14-28-19)26(35)30-27-29-22-10-7-11-23(36-4)25(22)33(27)21-9-5-6-16-32(18-21)24(34)12-8-15-31(2)3/h7-8,10-14,17,21H,5-6,9,15-16,18H2,1-4H3,(H,29,30,35)/b12-8+. The number of imidazole rings is 1. The van der Waals surface area contributed by atoms with Crippen molar-refractivity contribution in [3.63, 3.8) is 0 Å². The van der Waals surface area contributed by atoms with Gasteiger partial charge in [-0.05, 0) is 64.5 Å². The molecule has 9 nitrogen and oxygen atoms in total. The van der Waals surface area contributed by atoms with Gasteiger partial charge in [-0.3, -0.25) is 19.9 Å². The minimum atomic E-state index is -0.260. The van der Waals surface area contributed by atoms with Crippen molar-refractivity contribution in [2.45, 2.75) is 32.2 Å². The number of likely N-dealkylation sites (tertiary alicyclic amines) is 1. The third-order valence-corrected chi connectivity index (χ3v) is 6.33. The summed E-state index contributed by atoms with van der Waals surface area (Å²) < 4.78 is 7.72. The molecule has 0 saturated carbocycles. The summed E-state index contributed by atoms with van der Waals surface area (Å²) in [5.74, 6) is 0.854. The fourth-order valence-corrected chi connectivity index (χ4v) is 4.59. The quantitative estimate of drug-likeness (QED) is 0.508. The maximum Gasteiger partial charge on any atom is 0.258 e. The molecule has 1 atom stereocenters. The zero-order valence-electron chi connectivity index (χ0n) is 21.4. The Bertz CT molecular complexity index is 1270. The molecule has 0 bridgehead atoms. The molecule has 0 spiro atoms. The SMILES string of the molecule is COc1cccc2nc(NC(=O)c3ccnc(C)c3)n(C3CCCCN(C(=O)/C=C/CN(C)C)C3)c12. The molecule has 190 valence electrons. The van der Waals surface area contributed by atoms with Gasteiger partial charge >= 0.3 is 0 Å². The first-order valence-electron chi connectivity index (χ1n) is 12.3. The lowest BCUT2D eigenvalue weighted by atomic mass is 10.1. The first-order valence-corrected chi connectivity index (χ1v) is 12.3. The number of carbonyl (C=O) groups is 2. The van der Waals surface area contributed by atoms with Crippen molar-refractivity contribution in [3.8, 4) is 5.75 Å². The summed E-state index contributed by atoms with van der Waals surface area (Å²) in [5, 5.41) is 3.01. The van der Waals surface area contributed by atoms with Crippen LogP contribution in [0.1, 0.15) is 41.4 Å². The molecular weight excluding hydrogens is 456 g/mol. The lowest BCUT2D eigenvalue weighted by molar-refractivity contribution is -0.126. The maximum atomic E-state index is 13.1. The number of likely N-dealkylation sites (N-methyl/N-ethyl adjacent to an activating group) is 1. The molecule has 4 rings (SSSR count). The second kappa shape index (κ2) is 11.3. The lowest BCUT2D eigenvalue weighted by Gasteiger charge is -2.26. The number of hydrogen-bond acceptors (Lipinski definition) is 6. The molecule has 1 fully saturated rings. The Hall–Kier alpha value is -3.72. The van der Waals surface area contributed by atoms with Crippen LogP contribution in [-0.4, -0.2) is 77.0 Å². The molecule has 1 saturated heterocycles. The number of rotatable bonds is 7. The number of benzene rings is 1. The molecule has 0 aliphatic carbocycles. The van der Waals surface area contributed by atoms with Crippen molar-refractivity contribution in [2.75, 3.05) is 46.2 Å². The minimum Gasteiger partial charge on any atom is -0.494 e. The zero-order valence-corrected chi connectivity index (χ0v) is 21.4. The van der Waals surface area contributed by atoms with Gasteiger partial charge in [0.25, 0.3) is 5.91 Å². The Morgan fingerprint density at radius 3 is 2.83 bits per heavy atom. The van der Waals surface area contributed by atoms with Gasteiger partial charge in [0.15, 0.2) is 0 Å². The Kier molecular flexibility index (Phi) is 8.00. The van der Waals surface area contributed by atoms with Gasteiger partial charge in [0.1, 0.15) is 11.3 Å². The highest BCUT2D eigenvalue weighted by atomic mass is 16.5. The van der Waals surface area contributed by atoms with E-state index in [4.69, 9.17) is 9.72 Å². The number of aryl methyl sites for hydroxylation is 1. The number of aromatic nitrogens is 3. The molecule has 1 aliphatic heterocycles. The van der Waals surface area contributed by atoms with Crippen LogP contribution in [0.15, 0.2) is 48.7 Å². The number of nitrogens with zero attached hydrogens (tertiary/aromatic N) is 5. The predicted molar refractivity (Wildman–Crippen MR) is 140 cm³/mol. The van der Waals surface area contributed by atoms with E-state index in [0.29, 0.717) is 36.9 Å². The third kappa shape index (κ3) is 5.73. The zero-order chi connectivity index (χ0) is 25.7. The highest BCUT2D eigenvalue weighted by Gasteiger charge is 2.28. The van der Waals surface area contributed by atoms with Gasteiger partial charge in [-0.2, -0.15) is 0 Å². The van der Waals surface area contributed by atoms with Crippen LogP contribution in [-0.2, 0) is 4.79 Å². The number of nitrogens with one attached hydrogen (secondary N) is 1. The number of methoxy groups -OCH3 is 1. The molecule has 9 heteroatoms. The predicted octanol–water partition coefficient (Wildman–Crippen LogP) is 3.67. The Labute approximate surface area is 211 Å². The van der Waals surface area contributed by atoms with Crippen LogP contribution in [0.4, 0.5) is 5.95 Å². The number of amides is 2. The van der Waals surface area contributed by atoms with Crippen molar-refractivity contribution < 1.29 is 14.3 Å². The number of anilines is 1. The van der Waals surface area contributed by atoms with E-state index in [0.717, 1.165) is 36.0 Å². The minimum absolute atomic E-state index is 0.00187. The summed E-state index contributed by atoms with van der Waals surface area (Å²) >= 11 is 0. The third-order valence-electron chi connectivity index (χ3n) is 6.33. The average Bonchev–Trinajstić information content (AvgIpc) is 3.04. The molecule has 1 aromatic carbocycles.